The van der Waals surface area contributed by atoms with Crippen molar-refractivity contribution in [3.63, 3.8) is 0 Å². The molecule has 80 valence electrons. The third kappa shape index (κ3) is 4.81. The lowest BCUT2D eigenvalue weighted by molar-refractivity contribution is 0.0633. The van der Waals surface area contributed by atoms with Crippen molar-refractivity contribution in [1.29, 1.82) is 0 Å². The zero-order chi connectivity index (χ0) is 8.81. The Kier molecular flexibility index (Phi) is 7.66. The normalized spacial score (nSPS) is 22.8. The summed E-state index contributed by atoms with van der Waals surface area (Å²) in [5, 5.41) is 3.45. The number of halogens is 1. The van der Waals surface area contributed by atoms with E-state index in [9.17, 15) is 0 Å². The van der Waals surface area contributed by atoms with Crippen LogP contribution in [0.15, 0.2) is 0 Å². The Labute approximate surface area is 87.2 Å². The summed E-state index contributed by atoms with van der Waals surface area (Å²) in [6.07, 6.45) is 0. The summed E-state index contributed by atoms with van der Waals surface area (Å²) < 4.78 is 5.38. The Morgan fingerprint density at radius 3 is 2.54 bits per heavy atom. The van der Waals surface area contributed by atoms with Crippen LogP contribution in [0.4, 0.5) is 0 Å². The van der Waals surface area contributed by atoms with E-state index in [1.807, 2.05) is 0 Å². The van der Waals surface area contributed by atoms with E-state index in [1.54, 1.807) is 0 Å². The number of nitrogens with one attached hydrogen (secondary N) is 1. The molecule has 0 amide bonds. The van der Waals surface area contributed by atoms with Crippen molar-refractivity contribution in [1.82, 2.24) is 10.2 Å². The molecular formula is C9H21ClN2O. The van der Waals surface area contributed by atoms with E-state index in [-0.39, 0.29) is 12.4 Å². The van der Waals surface area contributed by atoms with Crippen molar-refractivity contribution in [2.24, 2.45) is 0 Å². The first-order valence-electron chi connectivity index (χ1n) is 4.90. The monoisotopic (exact) mass is 208 g/mol. The Hall–Kier alpha value is 0.170. The van der Waals surface area contributed by atoms with Crippen LogP contribution in [0.1, 0.15) is 13.8 Å². The Morgan fingerprint density at radius 2 is 2.08 bits per heavy atom. The molecule has 1 fully saturated rings. The smallest absolute Gasteiger partial charge is 0.0632 e. The molecule has 0 bridgehead atoms. The van der Waals surface area contributed by atoms with E-state index in [0.29, 0.717) is 6.04 Å². The van der Waals surface area contributed by atoms with Crippen LogP contribution in [0.3, 0.4) is 0 Å². The van der Waals surface area contributed by atoms with Crippen LogP contribution in [0.2, 0.25) is 0 Å². The Bertz CT molecular complexity index is 114. The number of morpholine rings is 1. The van der Waals surface area contributed by atoms with E-state index < -0.39 is 0 Å². The highest BCUT2D eigenvalue weighted by Crippen LogP contribution is 1.96. The van der Waals surface area contributed by atoms with Crippen molar-refractivity contribution < 1.29 is 4.74 Å². The summed E-state index contributed by atoms with van der Waals surface area (Å²) in [5.41, 5.74) is 0. The molecule has 1 atom stereocenters. The fourth-order valence-electron chi connectivity index (χ4n) is 1.53. The summed E-state index contributed by atoms with van der Waals surface area (Å²) in [4.78, 5) is 2.42. The van der Waals surface area contributed by atoms with Crippen molar-refractivity contribution in [3.8, 4) is 0 Å². The molecule has 1 aliphatic heterocycles. The second kappa shape index (κ2) is 7.56. The minimum absolute atomic E-state index is 0. The largest absolute Gasteiger partial charge is 0.378 e. The van der Waals surface area contributed by atoms with E-state index >= 15 is 0 Å². The molecule has 0 saturated carbocycles. The van der Waals surface area contributed by atoms with Crippen molar-refractivity contribution in [2.75, 3.05) is 39.4 Å². The number of nitrogens with zero attached hydrogens (tertiary/aromatic N) is 1. The molecule has 0 aromatic carbocycles. The minimum atomic E-state index is 0. The lowest BCUT2D eigenvalue weighted by atomic mass is 10.2. The lowest BCUT2D eigenvalue weighted by Gasteiger charge is -2.29. The van der Waals surface area contributed by atoms with Gasteiger partial charge in [0.2, 0.25) is 0 Å². The third-order valence-corrected chi connectivity index (χ3v) is 2.37. The van der Waals surface area contributed by atoms with Crippen LogP contribution in [0.5, 0.6) is 0 Å². The molecule has 0 spiro atoms. The van der Waals surface area contributed by atoms with Gasteiger partial charge in [0, 0.05) is 19.1 Å². The topological polar surface area (TPSA) is 24.5 Å². The summed E-state index contributed by atoms with van der Waals surface area (Å²) in [6, 6.07) is 0.540. The van der Waals surface area contributed by atoms with E-state index in [1.165, 1.54) is 0 Å². The third-order valence-electron chi connectivity index (χ3n) is 2.37. The van der Waals surface area contributed by atoms with Crippen LogP contribution >= 0.6 is 12.4 Å². The fourth-order valence-corrected chi connectivity index (χ4v) is 1.53. The maximum absolute atomic E-state index is 5.38. The van der Waals surface area contributed by atoms with Gasteiger partial charge in [0.05, 0.1) is 13.2 Å². The van der Waals surface area contributed by atoms with Gasteiger partial charge in [-0.15, -0.1) is 12.4 Å². The number of hydrogen-bond acceptors (Lipinski definition) is 3. The molecule has 1 saturated heterocycles. The van der Waals surface area contributed by atoms with Gasteiger partial charge in [-0.1, -0.05) is 13.8 Å². The molecule has 1 rings (SSSR count). The zero-order valence-electron chi connectivity index (χ0n) is 8.58. The van der Waals surface area contributed by atoms with Gasteiger partial charge in [0.15, 0.2) is 0 Å². The predicted molar refractivity (Wildman–Crippen MR) is 57.6 cm³/mol. The second-order valence-electron chi connectivity index (χ2n) is 3.21. The lowest BCUT2D eigenvalue weighted by Crippen LogP contribution is -2.48. The van der Waals surface area contributed by atoms with Gasteiger partial charge in [-0.2, -0.15) is 0 Å². The minimum Gasteiger partial charge on any atom is -0.378 e. The molecule has 3 nitrogen and oxygen atoms in total. The molecule has 1 N–H and O–H groups in total. The highest BCUT2D eigenvalue weighted by Gasteiger charge is 2.14. The van der Waals surface area contributed by atoms with Gasteiger partial charge < -0.3 is 15.0 Å². The molecule has 0 radical (unpaired) electrons. The summed E-state index contributed by atoms with van der Waals surface area (Å²) >= 11 is 0. The average molecular weight is 209 g/mol. The molecule has 1 unspecified atom stereocenters. The summed E-state index contributed by atoms with van der Waals surface area (Å²) in [5.74, 6) is 0. The van der Waals surface area contributed by atoms with Crippen molar-refractivity contribution in [2.45, 2.75) is 19.9 Å². The van der Waals surface area contributed by atoms with Gasteiger partial charge >= 0.3 is 0 Å². The highest BCUT2D eigenvalue weighted by atomic mass is 35.5. The highest BCUT2D eigenvalue weighted by molar-refractivity contribution is 5.85. The van der Waals surface area contributed by atoms with Crippen LogP contribution in [0, 0.1) is 0 Å². The SMILES string of the molecule is CCN(CC)CC1COCCN1.Cl. The summed E-state index contributed by atoms with van der Waals surface area (Å²) in [7, 11) is 0. The molecule has 13 heavy (non-hydrogen) atoms. The van der Waals surface area contributed by atoms with Crippen molar-refractivity contribution >= 4 is 12.4 Å². The number of likely N-dealkylation sites (N-methyl/N-ethyl adjacent to an activating group) is 1. The fraction of sp³-hybridized carbons (Fsp3) is 1.00. The second-order valence-corrected chi connectivity index (χ2v) is 3.21. The van der Waals surface area contributed by atoms with E-state index in [2.05, 4.69) is 24.1 Å². The number of ether oxygens (including phenoxy) is 1. The van der Waals surface area contributed by atoms with Gasteiger partial charge in [0.25, 0.3) is 0 Å². The first-order valence-corrected chi connectivity index (χ1v) is 4.90. The first-order chi connectivity index (χ1) is 5.86. The molecule has 1 aliphatic rings. The van der Waals surface area contributed by atoms with Crippen molar-refractivity contribution in [3.05, 3.63) is 0 Å². The first kappa shape index (κ1) is 13.2. The Morgan fingerprint density at radius 1 is 1.38 bits per heavy atom. The Balaban J connectivity index is 0.00000144. The maximum Gasteiger partial charge on any atom is 0.0632 e. The molecular weight excluding hydrogens is 188 g/mol. The molecule has 0 aromatic rings. The van der Waals surface area contributed by atoms with Gasteiger partial charge in [-0.25, -0.2) is 0 Å². The molecule has 4 heteroatoms. The maximum atomic E-state index is 5.38. The van der Waals surface area contributed by atoms with Gasteiger partial charge in [0.1, 0.15) is 0 Å². The number of hydrogen-bond donors (Lipinski definition) is 1. The quantitative estimate of drug-likeness (QED) is 0.738. The number of rotatable bonds is 4. The van der Waals surface area contributed by atoms with Crippen LogP contribution < -0.4 is 5.32 Å². The standard InChI is InChI=1S/C9H20N2O.ClH/c1-3-11(4-2)7-9-8-12-6-5-10-9;/h9-10H,3-8H2,1-2H3;1H. The van der Waals surface area contributed by atoms with Crippen LogP contribution in [-0.4, -0.2) is 50.3 Å². The van der Waals surface area contributed by atoms with Crippen LogP contribution in [-0.2, 0) is 4.74 Å². The molecule has 0 aromatic heterocycles. The van der Waals surface area contributed by atoms with Crippen LogP contribution in [0.25, 0.3) is 0 Å². The summed E-state index contributed by atoms with van der Waals surface area (Å²) in [6.45, 7) is 10.5. The van der Waals surface area contributed by atoms with Gasteiger partial charge in [-0.3, -0.25) is 0 Å². The molecule has 0 aliphatic carbocycles. The average Bonchev–Trinajstić information content (AvgIpc) is 2.16. The van der Waals surface area contributed by atoms with Gasteiger partial charge in [-0.05, 0) is 13.1 Å². The van der Waals surface area contributed by atoms with E-state index in [4.69, 9.17) is 4.74 Å². The predicted octanol–water partition coefficient (Wildman–Crippen LogP) is 0.738. The molecule has 1 heterocycles. The van der Waals surface area contributed by atoms with E-state index in [0.717, 1.165) is 39.4 Å². The zero-order valence-corrected chi connectivity index (χ0v) is 9.40.